The van der Waals surface area contributed by atoms with Gasteiger partial charge in [0.1, 0.15) is 5.82 Å². The van der Waals surface area contributed by atoms with E-state index in [-0.39, 0.29) is 28.2 Å². The molecule has 27 heavy (non-hydrogen) atoms. The van der Waals surface area contributed by atoms with Gasteiger partial charge in [0.25, 0.3) is 0 Å². The van der Waals surface area contributed by atoms with E-state index >= 15 is 0 Å². The highest BCUT2D eigenvalue weighted by Crippen LogP contribution is 2.37. The first-order valence-electron chi connectivity index (χ1n) is 8.15. The van der Waals surface area contributed by atoms with Gasteiger partial charge in [-0.1, -0.05) is 12.1 Å². The second-order valence-corrected chi connectivity index (χ2v) is 9.50. The fraction of sp³-hybridized carbons (Fsp3) is 0.222. The van der Waals surface area contributed by atoms with Crippen LogP contribution in [0.5, 0.6) is 0 Å². The summed E-state index contributed by atoms with van der Waals surface area (Å²) in [7, 11) is -3.70. The van der Waals surface area contributed by atoms with Crippen molar-refractivity contribution in [1.82, 2.24) is 0 Å². The van der Waals surface area contributed by atoms with E-state index in [0.29, 0.717) is 10.6 Å². The largest absolute Gasteiger partial charge is 0.324 e. The third-order valence-electron chi connectivity index (χ3n) is 3.99. The molecule has 0 fully saturated rings. The molecule has 1 atom stereocenters. The molecule has 0 bridgehead atoms. The summed E-state index contributed by atoms with van der Waals surface area (Å²) >= 11 is 1.28. The Bertz CT molecular complexity index is 1010. The van der Waals surface area contributed by atoms with Gasteiger partial charge in [-0.25, -0.2) is 12.8 Å². The maximum Gasteiger partial charge on any atom is 0.237 e. The maximum absolute atomic E-state index is 13.5. The number of rotatable bonds is 5. The van der Waals surface area contributed by atoms with E-state index in [4.69, 9.17) is 0 Å². The van der Waals surface area contributed by atoms with Crippen molar-refractivity contribution in [2.75, 3.05) is 16.4 Å². The van der Waals surface area contributed by atoms with Crippen LogP contribution in [0.2, 0.25) is 0 Å². The predicted molar refractivity (Wildman–Crippen MR) is 102 cm³/mol. The quantitative estimate of drug-likeness (QED) is 0.793. The van der Waals surface area contributed by atoms with E-state index in [1.807, 2.05) is 0 Å². The number of hydrogen-bond acceptors (Lipinski definition) is 5. The lowest BCUT2D eigenvalue weighted by Crippen LogP contribution is -2.26. The second-order valence-electron chi connectivity index (χ2n) is 6.00. The molecule has 6 nitrogen and oxygen atoms in total. The lowest BCUT2D eigenvalue weighted by atomic mass is 10.3. The first-order valence-corrected chi connectivity index (χ1v) is 10.7. The van der Waals surface area contributed by atoms with Gasteiger partial charge in [0.05, 0.1) is 27.3 Å². The van der Waals surface area contributed by atoms with Crippen LogP contribution in [0.1, 0.15) is 13.3 Å². The number of carbonyl (C=O) groups is 2. The fourth-order valence-electron chi connectivity index (χ4n) is 2.50. The minimum Gasteiger partial charge on any atom is -0.324 e. The minimum atomic E-state index is -3.70. The van der Waals surface area contributed by atoms with Crippen LogP contribution in [0.25, 0.3) is 0 Å². The van der Waals surface area contributed by atoms with Crippen LogP contribution >= 0.6 is 11.8 Å². The Morgan fingerprint density at radius 1 is 1.26 bits per heavy atom. The summed E-state index contributed by atoms with van der Waals surface area (Å²) in [5.74, 6) is -1.71. The van der Waals surface area contributed by atoms with Gasteiger partial charge in [-0.15, -0.1) is 11.8 Å². The van der Waals surface area contributed by atoms with Gasteiger partial charge in [0, 0.05) is 11.3 Å². The Morgan fingerprint density at radius 3 is 2.74 bits per heavy atom. The van der Waals surface area contributed by atoms with Gasteiger partial charge in [0.15, 0.2) is 9.84 Å². The number of thioether (sulfide) groups is 1. The van der Waals surface area contributed by atoms with Gasteiger partial charge in [-0.2, -0.15) is 0 Å². The smallest absolute Gasteiger partial charge is 0.237 e. The number of sulfone groups is 1. The Kier molecular flexibility index (Phi) is 5.52. The van der Waals surface area contributed by atoms with E-state index in [9.17, 15) is 22.4 Å². The Balaban J connectivity index is 1.68. The lowest BCUT2D eigenvalue weighted by molar-refractivity contribution is -0.116. The molecule has 1 unspecified atom stereocenters. The maximum atomic E-state index is 13.5. The molecule has 2 aromatic carbocycles. The molecule has 1 aliphatic rings. The van der Waals surface area contributed by atoms with E-state index in [2.05, 4.69) is 10.6 Å². The fourth-order valence-corrected chi connectivity index (χ4v) is 4.82. The molecule has 3 rings (SSSR count). The number of halogens is 1. The molecule has 0 spiro atoms. The average molecular weight is 408 g/mol. The Hall–Kier alpha value is -2.39. The van der Waals surface area contributed by atoms with E-state index in [0.717, 1.165) is 0 Å². The molecule has 0 saturated heterocycles. The summed E-state index contributed by atoms with van der Waals surface area (Å²) in [4.78, 5) is 24.4. The predicted octanol–water partition coefficient (Wildman–Crippen LogP) is 3.06. The van der Waals surface area contributed by atoms with Crippen LogP contribution in [0.15, 0.2) is 52.3 Å². The van der Waals surface area contributed by atoms with Crippen molar-refractivity contribution < 1.29 is 22.4 Å². The minimum absolute atomic E-state index is 0.00908. The highest BCUT2D eigenvalue weighted by Gasteiger charge is 2.25. The van der Waals surface area contributed by atoms with Crippen LogP contribution in [0, 0.1) is 5.82 Å². The third kappa shape index (κ3) is 4.48. The molecule has 142 valence electrons. The number of benzene rings is 2. The number of fused-ring (bicyclic) bond motifs is 1. The van der Waals surface area contributed by atoms with Gasteiger partial charge >= 0.3 is 0 Å². The number of amides is 2. The van der Waals surface area contributed by atoms with Crippen LogP contribution < -0.4 is 10.6 Å². The zero-order valence-corrected chi connectivity index (χ0v) is 16.0. The molecule has 2 aromatic rings. The standard InChI is InChI=1S/C18H17FN2O4S2/c1-11-18(23)21-15-7-6-12(10-16(15)26-11)27(24,25)9-8-17(22)20-14-5-3-2-4-13(14)19/h2-7,10-11H,8-9H2,1H3,(H,20,22)(H,21,23). The molecule has 0 aromatic heterocycles. The number of anilines is 2. The van der Waals surface area contributed by atoms with Crippen molar-refractivity contribution in [3.05, 3.63) is 48.3 Å². The molecule has 0 saturated carbocycles. The number of nitrogens with one attached hydrogen (secondary N) is 2. The first-order chi connectivity index (χ1) is 12.8. The molecule has 0 aliphatic carbocycles. The highest BCUT2D eigenvalue weighted by molar-refractivity contribution is 8.01. The summed E-state index contributed by atoms with van der Waals surface area (Å²) in [5, 5.41) is 4.76. The van der Waals surface area contributed by atoms with Crippen LogP contribution in [-0.4, -0.2) is 31.2 Å². The summed E-state index contributed by atoms with van der Waals surface area (Å²) in [5.41, 5.74) is 0.578. The normalized spacial score (nSPS) is 16.4. The number of hydrogen-bond donors (Lipinski definition) is 2. The SMILES string of the molecule is CC1Sc2cc(S(=O)(=O)CCC(=O)Nc3ccccc3F)ccc2NC1=O. The van der Waals surface area contributed by atoms with Crippen molar-refractivity contribution in [3.63, 3.8) is 0 Å². The van der Waals surface area contributed by atoms with E-state index in [1.54, 1.807) is 19.1 Å². The van der Waals surface area contributed by atoms with Gasteiger partial charge in [-0.05, 0) is 37.3 Å². The zero-order valence-electron chi connectivity index (χ0n) is 14.4. The van der Waals surface area contributed by atoms with Gasteiger partial charge in [0.2, 0.25) is 11.8 Å². The number of carbonyl (C=O) groups excluding carboxylic acids is 2. The molecule has 1 aliphatic heterocycles. The van der Waals surface area contributed by atoms with E-state index < -0.39 is 27.3 Å². The Labute approximate surface area is 160 Å². The number of para-hydroxylation sites is 1. The monoisotopic (exact) mass is 408 g/mol. The van der Waals surface area contributed by atoms with Crippen molar-refractivity contribution in [2.45, 2.75) is 28.4 Å². The molecular formula is C18H17FN2O4S2. The Morgan fingerprint density at radius 2 is 2.00 bits per heavy atom. The van der Waals surface area contributed by atoms with Crippen molar-refractivity contribution in [2.24, 2.45) is 0 Å². The van der Waals surface area contributed by atoms with Crippen LogP contribution in [-0.2, 0) is 19.4 Å². The molecular weight excluding hydrogens is 391 g/mol. The topological polar surface area (TPSA) is 92.3 Å². The zero-order chi connectivity index (χ0) is 19.6. The van der Waals surface area contributed by atoms with Crippen molar-refractivity contribution in [1.29, 1.82) is 0 Å². The summed E-state index contributed by atoms with van der Waals surface area (Å²) in [6, 6.07) is 10.1. The molecule has 2 N–H and O–H groups in total. The van der Waals surface area contributed by atoms with Crippen molar-refractivity contribution >= 4 is 44.8 Å². The molecule has 2 amide bonds. The third-order valence-corrected chi connectivity index (χ3v) is 6.86. The summed E-state index contributed by atoms with van der Waals surface area (Å²) in [6.07, 6.45) is -0.298. The van der Waals surface area contributed by atoms with Crippen LogP contribution in [0.4, 0.5) is 15.8 Å². The second kappa shape index (κ2) is 7.69. The van der Waals surface area contributed by atoms with Crippen molar-refractivity contribution in [3.8, 4) is 0 Å². The lowest BCUT2D eigenvalue weighted by Gasteiger charge is -2.21. The van der Waals surface area contributed by atoms with Gasteiger partial charge < -0.3 is 10.6 Å². The summed E-state index contributed by atoms with van der Waals surface area (Å²) < 4.78 is 38.6. The first kappa shape index (κ1) is 19.4. The average Bonchev–Trinajstić information content (AvgIpc) is 2.62. The van der Waals surface area contributed by atoms with Gasteiger partial charge in [-0.3, -0.25) is 9.59 Å². The molecule has 0 radical (unpaired) electrons. The molecule has 9 heteroatoms. The molecule has 1 heterocycles. The highest BCUT2D eigenvalue weighted by atomic mass is 32.2. The summed E-state index contributed by atoms with van der Waals surface area (Å²) in [6.45, 7) is 1.73. The van der Waals surface area contributed by atoms with E-state index in [1.165, 1.54) is 42.1 Å². The van der Waals surface area contributed by atoms with Crippen LogP contribution in [0.3, 0.4) is 0 Å².